The molecule has 0 aromatic heterocycles. The number of aryl methyl sites for hydroxylation is 1. The lowest BCUT2D eigenvalue weighted by Gasteiger charge is -2.05. The zero-order chi connectivity index (χ0) is 12.8. The molecule has 0 aliphatic heterocycles. The Labute approximate surface area is 107 Å². The number of benzene rings is 1. The summed E-state index contributed by atoms with van der Waals surface area (Å²) >= 11 is 3.32. The molecule has 5 nitrogen and oxygen atoms in total. The highest BCUT2D eigenvalue weighted by Gasteiger charge is 2.09. The van der Waals surface area contributed by atoms with Crippen LogP contribution in [0.3, 0.4) is 0 Å². The summed E-state index contributed by atoms with van der Waals surface area (Å²) in [7, 11) is 0. The molecule has 0 unspecified atom stereocenters. The quantitative estimate of drug-likeness (QED) is 0.630. The van der Waals surface area contributed by atoms with Gasteiger partial charge in [-0.25, -0.2) is 9.59 Å². The van der Waals surface area contributed by atoms with Crippen molar-refractivity contribution in [2.75, 3.05) is 0 Å². The molecular weight excluding hydrogens is 292 g/mol. The molecule has 0 amide bonds. The molecule has 1 aromatic carbocycles. The van der Waals surface area contributed by atoms with Crippen molar-refractivity contribution in [1.82, 2.24) is 0 Å². The Balaban J connectivity index is 2.48. The van der Waals surface area contributed by atoms with Crippen molar-refractivity contribution in [3.63, 3.8) is 0 Å². The summed E-state index contributed by atoms with van der Waals surface area (Å²) < 4.78 is 0.934. The van der Waals surface area contributed by atoms with Gasteiger partial charge in [0.25, 0.3) is 0 Å². The van der Waals surface area contributed by atoms with Crippen LogP contribution >= 0.6 is 15.9 Å². The molecule has 1 aromatic rings. The molecule has 0 saturated carbocycles. The monoisotopic (exact) mass is 302 g/mol. The van der Waals surface area contributed by atoms with Gasteiger partial charge < -0.3 is 0 Å². The van der Waals surface area contributed by atoms with E-state index in [1.165, 1.54) is 0 Å². The van der Waals surface area contributed by atoms with Gasteiger partial charge in [-0.1, -0.05) is 22.0 Å². The summed E-state index contributed by atoms with van der Waals surface area (Å²) in [4.78, 5) is 29.9. The van der Waals surface area contributed by atoms with Crippen molar-refractivity contribution >= 4 is 27.9 Å². The first-order valence-electron chi connectivity index (χ1n) is 4.78. The third-order valence-corrected chi connectivity index (χ3v) is 2.41. The van der Waals surface area contributed by atoms with Gasteiger partial charge in [0.15, 0.2) is 0 Å². The SMILES string of the molecule is CC(=O)OOOC(=O)Cc1ccc(Br)cc1C. The summed E-state index contributed by atoms with van der Waals surface area (Å²) in [6, 6.07) is 5.50. The average molecular weight is 303 g/mol. The molecule has 0 fully saturated rings. The molecule has 0 radical (unpaired) electrons. The van der Waals surface area contributed by atoms with Crippen LogP contribution in [0.4, 0.5) is 0 Å². The molecule has 0 heterocycles. The highest BCUT2D eigenvalue weighted by atomic mass is 79.9. The number of carbonyl (C=O) groups is 2. The van der Waals surface area contributed by atoms with Crippen LogP contribution < -0.4 is 0 Å². The maximum Gasteiger partial charge on any atom is 0.351 e. The topological polar surface area (TPSA) is 61.8 Å². The molecule has 0 aliphatic rings. The number of hydrogen-bond donors (Lipinski definition) is 0. The second kappa shape index (κ2) is 6.36. The highest BCUT2D eigenvalue weighted by Crippen LogP contribution is 2.16. The Hall–Kier alpha value is -1.40. The largest absolute Gasteiger partial charge is 0.351 e. The predicted molar refractivity (Wildman–Crippen MR) is 61.5 cm³/mol. The minimum Gasteiger partial charge on any atom is -0.260 e. The normalized spacial score (nSPS) is 9.82. The van der Waals surface area contributed by atoms with E-state index in [-0.39, 0.29) is 6.42 Å². The van der Waals surface area contributed by atoms with Crippen LogP contribution in [0, 0.1) is 6.92 Å². The zero-order valence-corrected chi connectivity index (χ0v) is 10.9. The van der Waals surface area contributed by atoms with Gasteiger partial charge in [-0.15, -0.1) is 0 Å². The summed E-state index contributed by atoms with van der Waals surface area (Å²) in [5.74, 6) is -1.34. The van der Waals surface area contributed by atoms with Crippen LogP contribution in [-0.4, -0.2) is 11.9 Å². The zero-order valence-electron chi connectivity index (χ0n) is 9.36. The van der Waals surface area contributed by atoms with Crippen LogP contribution in [0.15, 0.2) is 22.7 Å². The Morgan fingerprint density at radius 2 is 2.00 bits per heavy atom. The molecule has 92 valence electrons. The number of halogens is 1. The first-order chi connectivity index (χ1) is 7.99. The second-order valence-electron chi connectivity index (χ2n) is 3.35. The average Bonchev–Trinajstić information content (AvgIpc) is 2.21. The van der Waals surface area contributed by atoms with Gasteiger partial charge in [-0.3, -0.25) is 9.78 Å². The van der Waals surface area contributed by atoms with E-state index in [1.807, 2.05) is 19.1 Å². The van der Waals surface area contributed by atoms with E-state index in [1.54, 1.807) is 6.07 Å². The smallest absolute Gasteiger partial charge is 0.260 e. The fourth-order valence-electron chi connectivity index (χ4n) is 1.15. The maximum absolute atomic E-state index is 11.3. The molecule has 6 heteroatoms. The van der Waals surface area contributed by atoms with Crippen molar-refractivity contribution in [1.29, 1.82) is 0 Å². The molecule has 1 rings (SSSR count). The number of carbonyl (C=O) groups excluding carboxylic acids is 2. The summed E-state index contributed by atoms with van der Waals surface area (Å²) in [5.41, 5.74) is 1.76. The Morgan fingerprint density at radius 1 is 1.29 bits per heavy atom. The standard InChI is InChI=1S/C11H11BrO5/c1-7-5-10(12)4-3-9(7)6-11(14)16-17-15-8(2)13/h3-5H,6H2,1-2H3. The Bertz CT molecular complexity index is 430. The summed E-state index contributed by atoms with van der Waals surface area (Å²) in [6.07, 6.45) is 0.0420. The predicted octanol–water partition coefficient (Wildman–Crippen LogP) is 2.25. The summed E-state index contributed by atoms with van der Waals surface area (Å²) in [5, 5.41) is 3.98. The third kappa shape index (κ3) is 4.97. The van der Waals surface area contributed by atoms with Gasteiger partial charge in [-0.05, 0) is 30.2 Å². The van der Waals surface area contributed by atoms with E-state index in [0.29, 0.717) is 0 Å². The van der Waals surface area contributed by atoms with Gasteiger partial charge >= 0.3 is 11.9 Å². The Morgan fingerprint density at radius 3 is 2.59 bits per heavy atom. The molecular formula is C11H11BrO5. The van der Waals surface area contributed by atoms with E-state index in [0.717, 1.165) is 22.5 Å². The minimum atomic E-state index is -0.697. The molecule has 0 aliphatic carbocycles. The van der Waals surface area contributed by atoms with E-state index in [2.05, 4.69) is 30.7 Å². The lowest BCUT2D eigenvalue weighted by Crippen LogP contribution is -2.11. The van der Waals surface area contributed by atoms with Crippen molar-refractivity contribution < 1.29 is 24.4 Å². The van der Waals surface area contributed by atoms with Gasteiger partial charge in [-0.2, -0.15) is 0 Å². The van der Waals surface area contributed by atoms with Crippen molar-refractivity contribution in [3.8, 4) is 0 Å². The maximum atomic E-state index is 11.3. The number of rotatable bonds is 4. The lowest BCUT2D eigenvalue weighted by molar-refractivity contribution is -0.458. The Kier molecular flexibility index (Phi) is 5.11. The molecule has 17 heavy (non-hydrogen) atoms. The minimum absolute atomic E-state index is 0.0420. The van der Waals surface area contributed by atoms with E-state index < -0.39 is 11.9 Å². The van der Waals surface area contributed by atoms with Gasteiger partial charge in [0.2, 0.25) is 0 Å². The van der Waals surface area contributed by atoms with Crippen LogP contribution in [-0.2, 0) is 30.8 Å². The summed E-state index contributed by atoms with van der Waals surface area (Å²) in [6.45, 7) is 3.01. The van der Waals surface area contributed by atoms with Gasteiger partial charge in [0.05, 0.1) is 6.42 Å². The van der Waals surface area contributed by atoms with Crippen LogP contribution in [0.25, 0.3) is 0 Å². The molecule has 0 atom stereocenters. The number of hydrogen-bond acceptors (Lipinski definition) is 5. The van der Waals surface area contributed by atoms with Crippen LogP contribution in [0.1, 0.15) is 18.1 Å². The lowest BCUT2D eigenvalue weighted by atomic mass is 10.1. The molecule has 0 spiro atoms. The second-order valence-corrected chi connectivity index (χ2v) is 4.26. The van der Waals surface area contributed by atoms with Crippen LogP contribution in [0.5, 0.6) is 0 Å². The van der Waals surface area contributed by atoms with E-state index in [9.17, 15) is 9.59 Å². The van der Waals surface area contributed by atoms with Crippen molar-refractivity contribution in [2.24, 2.45) is 0 Å². The van der Waals surface area contributed by atoms with Crippen LogP contribution in [0.2, 0.25) is 0 Å². The fraction of sp³-hybridized carbons (Fsp3) is 0.273. The highest BCUT2D eigenvalue weighted by molar-refractivity contribution is 9.10. The van der Waals surface area contributed by atoms with Gasteiger partial charge in [0, 0.05) is 16.4 Å². The first kappa shape index (κ1) is 13.7. The molecule has 0 saturated heterocycles. The van der Waals surface area contributed by atoms with E-state index in [4.69, 9.17) is 0 Å². The third-order valence-electron chi connectivity index (χ3n) is 1.92. The van der Waals surface area contributed by atoms with Gasteiger partial charge in [0.1, 0.15) is 0 Å². The molecule has 0 bridgehead atoms. The molecule has 0 N–H and O–H groups in total. The van der Waals surface area contributed by atoms with Crippen molar-refractivity contribution in [2.45, 2.75) is 20.3 Å². The first-order valence-corrected chi connectivity index (χ1v) is 5.58. The van der Waals surface area contributed by atoms with E-state index >= 15 is 0 Å². The van der Waals surface area contributed by atoms with Crippen molar-refractivity contribution in [3.05, 3.63) is 33.8 Å². The fourth-order valence-corrected chi connectivity index (χ4v) is 1.62.